The number of phenols is 1. The second-order valence-corrected chi connectivity index (χ2v) is 7.27. The number of rotatable bonds is 5. The third-order valence-electron chi connectivity index (χ3n) is 3.12. The number of aromatic hydroxyl groups is 1. The highest BCUT2D eigenvalue weighted by Crippen LogP contribution is 2.30. The number of amides is 1. The van der Waals surface area contributed by atoms with E-state index >= 15 is 0 Å². The van der Waals surface area contributed by atoms with Crippen LogP contribution in [0.25, 0.3) is 11.4 Å². The summed E-state index contributed by atoms with van der Waals surface area (Å²) in [5.74, 6) is 0.476. The fourth-order valence-electron chi connectivity index (χ4n) is 2.02. The van der Waals surface area contributed by atoms with Gasteiger partial charge < -0.3 is 10.4 Å². The van der Waals surface area contributed by atoms with Crippen LogP contribution in [-0.2, 0) is 4.79 Å². The van der Waals surface area contributed by atoms with Gasteiger partial charge in [-0.15, -0.1) is 5.10 Å². The maximum atomic E-state index is 12.0. The molecule has 0 unspecified atom stereocenters. The topological polar surface area (TPSA) is 90.9 Å². The molecule has 3 rings (SSSR count). The van der Waals surface area contributed by atoms with Crippen LogP contribution in [0.1, 0.15) is 0 Å². The molecule has 9 heteroatoms. The van der Waals surface area contributed by atoms with Crippen molar-refractivity contribution in [3.63, 3.8) is 0 Å². The minimum atomic E-state index is -0.191. The molecule has 0 aliphatic rings. The van der Waals surface area contributed by atoms with E-state index in [1.807, 2.05) is 0 Å². The Bertz CT molecular complexity index is 919. The summed E-state index contributed by atoms with van der Waals surface area (Å²) in [6.45, 7) is 0. The van der Waals surface area contributed by atoms with Crippen LogP contribution in [0.2, 0.25) is 5.02 Å². The summed E-state index contributed by atoms with van der Waals surface area (Å²) in [5.41, 5.74) is 1.16. The van der Waals surface area contributed by atoms with Crippen LogP contribution >= 0.6 is 39.3 Å². The number of halogens is 2. The Hall–Kier alpha value is -2.03. The van der Waals surface area contributed by atoms with E-state index in [-0.39, 0.29) is 17.4 Å². The monoisotopic (exact) mass is 438 g/mol. The van der Waals surface area contributed by atoms with Crippen LogP contribution in [0.3, 0.4) is 0 Å². The number of anilines is 1. The van der Waals surface area contributed by atoms with Gasteiger partial charge in [0.25, 0.3) is 0 Å². The molecule has 0 aliphatic carbocycles. The highest BCUT2D eigenvalue weighted by Gasteiger charge is 2.12. The number of nitrogens with zero attached hydrogens (tertiary/aromatic N) is 2. The molecule has 3 N–H and O–H groups in total. The third kappa shape index (κ3) is 4.75. The van der Waals surface area contributed by atoms with Crippen LogP contribution in [0.4, 0.5) is 5.69 Å². The number of aromatic nitrogens is 3. The van der Waals surface area contributed by atoms with Crippen LogP contribution in [0.15, 0.2) is 52.1 Å². The minimum absolute atomic E-state index is 0.0922. The molecule has 0 bridgehead atoms. The summed E-state index contributed by atoms with van der Waals surface area (Å²) < 4.78 is 0.812. The molecule has 0 atom stereocenters. The van der Waals surface area contributed by atoms with Crippen molar-refractivity contribution in [3.8, 4) is 17.1 Å². The Balaban J connectivity index is 1.62. The lowest BCUT2D eigenvalue weighted by atomic mass is 10.2. The maximum absolute atomic E-state index is 12.0. The zero-order valence-electron chi connectivity index (χ0n) is 12.7. The van der Waals surface area contributed by atoms with Gasteiger partial charge in [0.1, 0.15) is 5.75 Å². The molecule has 128 valence electrons. The Morgan fingerprint density at radius 2 is 2.16 bits per heavy atom. The second-order valence-electron chi connectivity index (χ2n) is 4.98. The number of aromatic amines is 1. The van der Waals surface area contributed by atoms with Gasteiger partial charge >= 0.3 is 0 Å². The van der Waals surface area contributed by atoms with Gasteiger partial charge in [0.15, 0.2) is 5.82 Å². The quantitative estimate of drug-likeness (QED) is 0.515. The molecule has 0 aliphatic heterocycles. The number of carbonyl (C=O) groups excluding carboxylic acids is 1. The van der Waals surface area contributed by atoms with Gasteiger partial charge in [-0.25, -0.2) is 4.98 Å². The van der Waals surface area contributed by atoms with E-state index in [1.165, 1.54) is 11.8 Å². The molecule has 0 radical (unpaired) electrons. The zero-order valence-corrected chi connectivity index (χ0v) is 15.8. The number of hydrogen-bond acceptors (Lipinski definition) is 5. The predicted molar refractivity (Wildman–Crippen MR) is 102 cm³/mol. The SMILES string of the molecule is O=C(CSc1n[nH]c(-c2cc(Br)ccc2O)n1)Nc1cccc(Cl)c1. The van der Waals surface area contributed by atoms with Gasteiger partial charge in [0, 0.05) is 15.2 Å². The highest BCUT2D eigenvalue weighted by atomic mass is 79.9. The summed E-state index contributed by atoms with van der Waals surface area (Å²) in [6.07, 6.45) is 0. The van der Waals surface area contributed by atoms with Gasteiger partial charge in [0.05, 0.1) is 11.3 Å². The molecule has 1 heterocycles. The molecular formula is C16H12BrClN4O2S. The molecular weight excluding hydrogens is 428 g/mol. The molecule has 0 spiro atoms. The van der Waals surface area contributed by atoms with Crippen LogP contribution in [-0.4, -0.2) is 31.9 Å². The number of thioether (sulfide) groups is 1. The predicted octanol–water partition coefficient (Wildman–Crippen LogP) is 4.32. The smallest absolute Gasteiger partial charge is 0.234 e. The first-order valence-electron chi connectivity index (χ1n) is 7.11. The number of carbonyl (C=O) groups is 1. The average Bonchev–Trinajstić information content (AvgIpc) is 3.04. The van der Waals surface area contributed by atoms with Crippen molar-refractivity contribution in [1.82, 2.24) is 15.2 Å². The van der Waals surface area contributed by atoms with Crippen molar-refractivity contribution in [2.75, 3.05) is 11.1 Å². The number of phenolic OH excluding ortho intramolecular Hbond substituents is 1. The van der Waals surface area contributed by atoms with Gasteiger partial charge in [-0.05, 0) is 36.4 Å². The van der Waals surface area contributed by atoms with Gasteiger partial charge in [-0.2, -0.15) is 0 Å². The Kier molecular flexibility index (Phi) is 5.62. The van der Waals surface area contributed by atoms with E-state index < -0.39 is 0 Å². The summed E-state index contributed by atoms with van der Waals surface area (Å²) in [4.78, 5) is 16.3. The average molecular weight is 440 g/mol. The number of benzene rings is 2. The Labute approximate surface area is 161 Å². The summed E-state index contributed by atoms with van der Waals surface area (Å²) in [5, 5.41) is 20.4. The van der Waals surface area contributed by atoms with Crippen molar-refractivity contribution >= 4 is 50.9 Å². The minimum Gasteiger partial charge on any atom is -0.507 e. The first-order chi connectivity index (χ1) is 12.0. The van der Waals surface area contributed by atoms with Gasteiger partial charge in [0.2, 0.25) is 11.1 Å². The number of H-pyrrole nitrogens is 1. The molecule has 0 saturated heterocycles. The first kappa shape index (κ1) is 17.8. The van der Waals surface area contributed by atoms with E-state index in [0.29, 0.717) is 27.3 Å². The van der Waals surface area contributed by atoms with Crippen molar-refractivity contribution in [2.24, 2.45) is 0 Å². The lowest BCUT2D eigenvalue weighted by molar-refractivity contribution is -0.113. The molecule has 2 aromatic carbocycles. The Morgan fingerprint density at radius 3 is 2.96 bits per heavy atom. The summed E-state index contributed by atoms with van der Waals surface area (Å²) >= 11 is 10.4. The van der Waals surface area contributed by atoms with Crippen molar-refractivity contribution in [1.29, 1.82) is 0 Å². The van der Waals surface area contributed by atoms with Crippen molar-refractivity contribution < 1.29 is 9.90 Å². The summed E-state index contributed by atoms with van der Waals surface area (Å²) in [7, 11) is 0. The molecule has 25 heavy (non-hydrogen) atoms. The van der Waals surface area contributed by atoms with E-state index in [1.54, 1.807) is 42.5 Å². The molecule has 0 fully saturated rings. The van der Waals surface area contributed by atoms with Crippen LogP contribution < -0.4 is 5.32 Å². The number of hydrogen-bond donors (Lipinski definition) is 3. The fourth-order valence-corrected chi connectivity index (χ4v) is 3.17. The van der Waals surface area contributed by atoms with E-state index in [2.05, 4.69) is 36.4 Å². The largest absolute Gasteiger partial charge is 0.507 e. The standard InChI is InChI=1S/C16H12BrClN4O2S/c17-9-4-5-13(23)12(6-9)15-20-16(22-21-15)25-8-14(24)19-11-3-1-2-10(18)7-11/h1-7,23H,8H2,(H,19,24)(H,20,21,22). The second kappa shape index (κ2) is 7.90. The lowest BCUT2D eigenvalue weighted by Gasteiger charge is -2.04. The van der Waals surface area contributed by atoms with Crippen LogP contribution in [0.5, 0.6) is 5.75 Å². The maximum Gasteiger partial charge on any atom is 0.234 e. The van der Waals surface area contributed by atoms with Crippen molar-refractivity contribution in [3.05, 3.63) is 52.0 Å². The molecule has 6 nitrogen and oxygen atoms in total. The summed E-state index contributed by atoms with van der Waals surface area (Å²) in [6, 6.07) is 11.9. The molecule has 1 amide bonds. The molecule has 0 saturated carbocycles. The van der Waals surface area contributed by atoms with Gasteiger partial charge in [-0.3, -0.25) is 9.89 Å². The molecule has 3 aromatic rings. The zero-order chi connectivity index (χ0) is 17.8. The van der Waals surface area contributed by atoms with E-state index in [4.69, 9.17) is 11.6 Å². The van der Waals surface area contributed by atoms with Crippen molar-refractivity contribution in [2.45, 2.75) is 5.16 Å². The number of nitrogens with one attached hydrogen (secondary N) is 2. The van der Waals surface area contributed by atoms with E-state index in [9.17, 15) is 9.90 Å². The lowest BCUT2D eigenvalue weighted by Crippen LogP contribution is -2.14. The van der Waals surface area contributed by atoms with E-state index in [0.717, 1.165) is 4.47 Å². The third-order valence-corrected chi connectivity index (χ3v) is 4.69. The molecule has 1 aromatic heterocycles. The Morgan fingerprint density at radius 1 is 1.32 bits per heavy atom. The van der Waals surface area contributed by atoms with Crippen LogP contribution in [0, 0.1) is 0 Å². The first-order valence-corrected chi connectivity index (χ1v) is 9.26. The van der Waals surface area contributed by atoms with Gasteiger partial charge in [-0.1, -0.05) is 45.4 Å². The fraction of sp³-hybridized carbons (Fsp3) is 0.0625. The normalized spacial score (nSPS) is 10.6. The highest BCUT2D eigenvalue weighted by molar-refractivity contribution is 9.10.